The molecule has 1 aromatic heterocycles. The number of rotatable bonds is 3. The summed E-state index contributed by atoms with van der Waals surface area (Å²) in [4.78, 5) is 30.6. The minimum absolute atomic E-state index is 0.100. The SMILES string of the molecule is CC(C(=O)O)N1CCN(C(=O)c2ccnc(Cl)c2)CC1. The van der Waals surface area contributed by atoms with Crippen LogP contribution >= 0.6 is 11.6 Å². The Morgan fingerprint density at radius 1 is 1.35 bits per heavy atom. The lowest BCUT2D eigenvalue weighted by Gasteiger charge is -2.36. The molecule has 7 heteroatoms. The zero-order valence-electron chi connectivity index (χ0n) is 11.1. The first kappa shape index (κ1) is 14.7. The van der Waals surface area contributed by atoms with Gasteiger partial charge < -0.3 is 10.0 Å². The molecule has 6 nitrogen and oxygen atoms in total. The van der Waals surface area contributed by atoms with Gasteiger partial charge >= 0.3 is 5.97 Å². The quantitative estimate of drug-likeness (QED) is 0.842. The van der Waals surface area contributed by atoms with Crippen molar-refractivity contribution < 1.29 is 14.7 Å². The van der Waals surface area contributed by atoms with Crippen molar-refractivity contribution in [3.05, 3.63) is 29.0 Å². The normalized spacial score (nSPS) is 17.8. The number of aromatic nitrogens is 1. The molecule has 1 N–H and O–H groups in total. The Balaban J connectivity index is 1.97. The maximum absolute atomic E-state index is 12.3. The highest BCUT2D eigenvalue weighted by atomic mass is 35.5. The van der Waals surface area contributed by atoms with E-state index in [9.17, 15) is 9.59 Å². The summed E-state index contributed by atoms with van der Waals surface area (Å²) in [6.07, 6.45) is 1.50. The van der Waals surface area contributed by atoms with Gasteiger partial charge in [0.05, 0.1) is 0 Å². The highest BCUT2D eigenvalue weighted by Gasteiger charge is 2.27. The Morgan fingerprint density at radius 2 is 2.00 bits per heavy atom. The summed E-state index contributed by atoms with van der Waals surface area (Å²) in [7, 11) is 0. The molecule has 1 aliphatic heterocycles. The van der Waals surface area contributed by atoms with Gasteiger partial charge in [0.2, 0.25) is 0 Å². The first-order valence-electron chi connectivity index (χ1n) is 6.36. The number of nitrogens with zero attached hydrogens (tertiary/aromatic N) is 3. The van der Waals surface area contributed by atoms with Crippen molar-refractivity contribution in [1.82, 2.24) is 14.8 Å². The van der Waals surface area contributed by atoms with Crippen molar-refractivity contribution >= 4 is 23.5 Å². The van der Waals surface area contributed by atoms with Gasteiger partial charge in [-0.25, -0.2) is 4.98 Å². The third-order valence-corrected chi connectivity index (χ3v) is 3.69. The number of hydrogen-bond acceptors (Lipinski definition) is 4. The third-order valence-electron chi connectivity index (χ3n) is 3.48. The summed E-state index contributed by atoms with van der Waals surface area (Å²) in [5.41, 5.74) is 0.504. The van der Waals surface area contributed by atoms with Crippen LogP contribution in [-0.4, -0.2) is 64.0 Å². The molecule has 0 saturated carbocycles. The van der Waals surface area contributed by atoms with E-state index in [0.29, 0.717) is 31.7 Å². The topological polar surface area (TPSA) is 73.7 Å². The molecule has 0 aliphatic carbocycles. The maximum Gasteiger partial charge on any atom is 0.320 e. The number of aliphatic carboxylic acids is 1. The van der Waals surface area contributed by atoms with Crippen LogP contribution in [0.2, 0.25) is 5.15 Å². The van der Waals surface area contributed by atoms with E-state index >= 15 is 0 Å². The number of pyridine rings is 1. The standard InChI is InChI=1S/C13H16ClN3O3/c1-9(13(19)20)16-4-6-17(7-5-16)12(18)10-2-3-15-11(14)8-10/h2-3,8-9H,4-7H2,1H3,(H,19,20). The second kappa shape index (κ2) is 6.19. The van der Waals surface area contributed by atoms with Crippen molar-refractivity contribution in [2.24, 2.45) is 0 Å². The van der Waals surface area contributed by atoms with Crippen LogP contribution in [-0.2, 0) is 4.79 Å². The van der Waals surface area contributed by atoms with Crippen molar-refractivity contribution in [1.29, 1.82) is 0 Å². The summed E-state index contributed by atoms with van der Waals surface area (Å²) >= 11 is 5.77. The Morgan fingerprint density at radius 3 is 2.55 bits per heavy atom. The average Bonchev–Trinajstić information content (AvgIpc) is 2.46. The van der Waals surface area contributed by atoms with Gasteiger partial charge in [-0.05, 0) is 19.1 Å². The molecule has 1 fully saturated rings. The molecule has 2 heterocycles. The van der Waals surface area contributed by atoms with Crippen molar-refractivity contribution in [3.8, 4) is 0 Å². The van der Waals surface area contributed by atoms with Gasteiger partial charge in [-0.2, -0.15) is 0 Å². The van der Waals surface area contributed by atoms with Crippen LogP contribution in [0.4, 0.5) is 0 Å². The number of piperazine rings is 1. The predicted molar refractivity (Wildman–Crippen MR) is 73.8 cm³/mol. The fraction of sp³-hybridized carbons (Fsp3) is 0.462. The number of carbonyl (C=O) groups is 2. The Kier molecular flexibility index (Phi) is 4.57. The highest BCUT2D eigenvalue weighted by molar-refractivity contribution is 6.29. The number of hydrogen-bond donors (Lipinski definition) is 1. The van der Waals surface area contributed by atoms with E-state index in [1.807, 2.05) is 4.90 Å². The van der Waals surface area contributed by atoms with Gasteiger partial charge in [-0.1, -0.05) is 11.6 Å². The highest BCUT2D eigenvalue weighted by Crippen LogP contribution is 2.13. The predicted octanol–water partition coefficient (Wildman–Crippen LogP) is 0.966. The minimum Gasteiger partial charge on any atom is -0.480 e. The van der Waals surface area contributed by atoms with E-state index in [1.54, 1.807) is 17.9 Å². The fourth-order valence-electron chi connectivity index (χ4n) is 2.19. The summed E-state index contributed by atoms with van der Waals surface area (Å²) in [6, 6.07) is 2.64. The monoisotopic (exact) mass is 297 g/mol. The van der Waals surface area contributed by atoms with Crippen LogP contribution in [0.15, 0.2) is 18.3 Å². The Labute approximate surface area is 122 Å². The van der Waals surface area contributed by atoms with Crippen LogP contribution in [0.3, 0.4) is 0 Å². The molecular formula is C13H16ClN3O3. The Hall–Kier alpha value is -1.66. The van der Waals surface area contributed by atoms with Crippen LogP contribution in [0.25, 0.3) is 0 Å². The molecule has 108 valence electrons. The van der Waals surface area contributed by atoms with E-state index in [4.69, 9.17) is 16.7 Å². The molecule has 1 atom stereocenters. The molecule has 1 aliphatic rings. The number of carboxylic acids is 1. The summed E-state index contributed by atoms with van der Waals surface area (Å²) in [6.45, 7) is 3.78. The lowest BCUT2D eigenvalue weighted by atomic mass is 10.2. The lowest BCUT2D eigenvalue weighted by molar-refractivity contribution is -0.143. The molecule has 0 bridgehead atoms. The molecule has 1 aromatic rings. The summed E-state index contributed by atoms with van der Waals surface area (Å²) in [5, 5.41) is 9.26. The van der Waals surface area contributed by atoms with Crippen LogP contribution < -0.4 is 0 Å². The van der Waals surface area contributed by atoms with Gasteiger partial charge in [0, 0.05) is 37.9 Å². The van der Waals surface area contributed by atoms with E-state index in [0.717, 1.165) is 0 Å². The molecule has 1 unspecified atom stereocenters. The van der Waals surface area contributed by atoms with E-state index in [2.05, 4.69) is 4.98 Å². The summed E-state index contributed by atoms with van der Waals surface area (Å²) < 4.78 is 0. The van der Waals surface area contributed by atoms with Crippen LogP contribution in [0, 0.1) is 0 Å². The summed E-state index contributed by atoms with van der Waals surface area (Å²) in [5.74, 6) is -0.942. The van der Waals surface area contributed by atoms with Gasteiger partial charge in [-0.3, -0.25) is 14.5 Å². The minimum atomic E-state index is -0.842. The number of carboxylic acid groups (broad SMARTS) is 1. The number of halogens is 1. The number of carbonyl (C=O) groups excluding carboxylic acids is 1. The zero-order chi connectivity index (χ0) is 14.7. The molecule has 1 amide bonds. The number of amides is 1. The second-order valence-electron chi connectivity index (χ2n) is 4.71. The molecular weight excluding hydrogens is 282 g/mol. The molecule has 2 rings (SSSR count). The molecule has 0 spiro atoms. The zero-order valence-corrected chi connectivity index (χ0v) is 11.9. The largest absolute Gasteiger partial charge is 0.480 e. The van der Waals surface area contributed by atoms with Gasteiger partial charge in [0.15, 0.2) is 0 Å². The lowest BCUT2D eigenvalue weighted by Crippen LogP contribution is -2.53. The van der Waals surface area contributed by atoms with E-state index in [1.165, 1.54) is 12.3 Å². The molecule has 20 heavy (non-hydrogen) atoms. The first-order valence-corrected chi connectivity index (χ1v) is 6.74. The smallest absolute Gasteiger partial charge is 0.320 e. The van der Waals surface area contributed by atoms with Crippen molar-refractivity contribution in [2.45, 2.75) is 13.0 Å². The molecule has 1 saturated heterocycles. The van der Waals surface area contributed by atoms with Crippen molar-refractivity contribution in [2.75, 3.05) is 26.2 Å². The van der Waals surface area contributed by atoms with Crippen LogP contribution in [0.5, 0.6) is 0 Å². The van der Waals surface area contributed by atoms with Gasteiger partial charge in [-0.15, -0.1) is 0 Å². The second-order valence-corrected chi connectivity index (χ2v) is 5.10. The van der Waals surface area contributed by atoms with E-state index < -0.39 is 12.0 Å². The van der Waals surface area contributed by atoms with E-state index in [-0.39, 0.29) is 11.1 Å². The molecule has 0 aromatic carbocycles. The Bertz CT molecular complexity index is 515. The third kappa shape index (κ3) is 3.26. The first-order chi connectivity index (χ1) is 9.49. The fourth-order valence-corrected chi connectivity index (χ4v) is 2.36. The van der Waals surface area contributed by atoms with Crippen molar-refractivity contribution in [3.63, 3.8) is 0 Å². The van der Waals surface area contributed by atoms with Crippen LogP contribution in [0.1, 0.15) is 17.3 Å². The maximum atomic E-state index is 12.3. The van der Waals surface area contributed by atoms with Gasteiger partial charge in [0.25, 0.3) is 5.91 Å². The van der Waals surface area contributed by atoms with Gasteiger partial charge in [0.1, 0.15) is 11.2 Å². The molecule has 0 radical (unpaired) electrons. The average molecular weight is 298 g/mol.